The van der Waals surface area contributed by atoms with Crippen LogP contribution in [0, 0.1) is 5.41 Å². The average Bonchev–Trinajstić information content (AvgIpc) is 2.44. The molecule has 20 heavy (non-hydrogen) atoms. The smallest absolute Gasteiger partial charge is 0.0320 e. The molecule has 1 aromatic carbocycles. The standard InChI is InChI=1S/C18H32N2/c1-7-20(13-18(5,6)12-19)15(4)17-10-8-16(9-11-17)14(2)3/h8-11,14-15H,7,12-13,19H2,1-6H3. The largest absolute Gasteiger partial charge is 0.330 e. The maximum atomic E-state index is 5.87. The molecule has 0 amide bonds. The molecule has 0 fully saturated rings. The second kappa shape index (κ2) is 7.24. The summed E-state index contributed by atoms with van der Waals surface area (Å²) < 4.78 is 0. The van der Waals surface area contributed by atoms with E-state index >= 15 is 0 Å². The van der Waals surface area contributed by atoms with E-state index in [1.54, 1.807) is 0 Å². The fourth-order valence-electron chi connectivity index (χ4n) is 2.51. The van der Waals surface area contributed by atoms with Crippen LogP contribution >= 0.6 is 0 Å². The molecule has 2 heteroatoms. The second-order valence-corrected chi connectivity index (χ2v) is 6.93. The van der Waals surface area contributed by atoms with Gasteiger partial charge in [-0.15, -0.1) is 0 Å². The topological polar surface area (TPSA) is 29.3 Å². The first kappa shape index (κ1) is 17.2. The minimum atomic E-state index is 0.169. The SMILES string of the molecule is CCN(CC(C)(C)CN)C(C)c1ccc(C(C)C)cc1. The van der Waals surface area contributed by atoms with Crippen LogP contribution in [0.2, 0.25) is 0 Å². The van der Waals surface area contributed by atoms with Gasteiger partial charge in [0.2, 0.25) is 0 Å². The van der Waals surface area contributed by atoms with E-state index in [0.717, 1.165) is 19.6 Å². The first-order valence-electron chi connectivity index (χ1n) is 7.84. The predicted octanol–water partition coefficient (Wildman–Crippen LogP) is 4.18. The molecule has 1 aromatic rings. The molecule has 0 heterocycles. The zero-order valence-electron chi connectivity index (χ0n) is 14.1. The Labute approximate surface area is 125 Å². The van der Waals surface area contributed by atoms with Gasteiger partial charge in [-0.25, -0.2) is 0 Å². The van der Waals surface area contributed by atoms with Crippen LogP contribution in [-0.4, -0.2) is 24.5 Å². The van der Waals surface area contributed by atoms with Crippen molar-refractivity contribution < 1.29 is 0 Å². The molecule has 0 aliphatic rings. The average molecular weight is 276 g/mol. The van der Waals surface area contributed by atoms with E-state index in [4.69, 9.17) is 5.73 Å². The lowest BCUT2D eigenvalue weighted by molar-refractivity contribution is 0.148. The lowest BCUT2D eigenvalue weighted by Gasteiger charge is -2.35. The van der Waals surface area contributed by atoms with E-state index in [0.29, 0.717) is 12.0 Å². The van der Waals surface area contributed by atoms with Gasteiger partial charge in [-0.1, -0.05) is 58.9 Å². The summed E-state index contributed by atoms with van der Waals surface area (Å²) >= 11 is 0. The summed E-state index contributed by atoms with van der Waals surface area (Å²) in [6.07, 6.45) is 0. The van der Waals surface area contributed by atoms with Crippen molar-refractivity contribution in [2.75, 3.05) is 19.6 Å². The van der Waals surface area contributed by atoms with Gasteiger partial charge in [0.05, 0.1) is 0 Å². The number of nitrogens with zero attached hydrogens (tertiary/aromatic N) is 1. The quantitative estimate of drug-likeness (QED) is 0.809. The van der Waals surface area contributed by atoms with Crippen LogP contribution in [0.5, 0.6) is 0 Å². The zero-order chi connectivity index (χ0) is 15.3. The molecule has 0 radical (unpaired) electrons. The Bertz CT molecular complexity index is 392. The Balaban J connectivity index is 2.82. The van der Waals surface area contributed by atoms with Gasteiger partial charge < -0.3 is 5.73 Å². The Kier molecular flexibility index (Phi) is 6.22. The lowest BCUT2D eigenvalue weighted by atomic mass is 9.91. The highest BCUT2D eigenvalue weighted by molar-refractivity contribution is 5.26. The maximum Gasteiger partial charge on any atom is 0.0320 e. The molecule has 2 N–H and O–H groups in total. The number of hydrogen-bond acceptors (Lipinski definition) is 2. The van der Waals surface area contributed by atoms with Crippen molar-refractivity contribution in [3.05, 3.63) is 35.4 Å². The Morgan fingerprint density at radius 2 is 1.55 bits per heavy atom. The second-order valence-electron chi connectivity index (χ2n) is 6.93. The van der Waals surface area contributed by atoms with Crippen LogP contribution < -0.4 is 5.73 Å². The molecule has 0 spiro atoms. The molecule has 1 rings (SSSR count). The van der Waals surface area contributed by atoms with Crippen molar-refractivity contribution in [1.82, 2.24) is 4.90 Å². The van der Waals surface area contributed by atoms with Gasteiger partial charge in [-0.3, -0.25) is 4.90 Å². The summed E-state index contributed by atoms with van der Waals surface area (Å²) in [5, 5.41) is 0. The highest BCUT2D eigenvalue weighted by Crippen LogP contribution is 2.26. The number of nitrogens with two attached hydrogens (primary N) is 1. The molecular weight excluding hydrogens is 244 g/mol. The van der Waals surface area contributed by atoms with E-state index in [2.05, 4.69) is 70.7 Å². The van der Waals surface area contributed by atoms with Crippen molar-refractivity contribution in [2.24, 2.45) is 11.1 Å². The molecule has 1 atom stereocenters. The van der Waals surface area contributed by atoms with Crippen molar-refractivity contribution in [2.45, 2.75) is 53.5 Å². The third-order valence-electron chi connectivity index (χ3n) is 4.22. The molecule has 0 bridgehead atoms. The maximum absolute atomic E-state index is 5.87. The fraction of sp³-hybridized carbons (Fsp3) is 0.667. The Morgan fingerprint density at radius 3 is 1.95 bits per heavy atom. The minimum Gasteiger partial charge on any atom is -0.330 e. The first-order chi connectivity index (χ1) is 9.30. The summed E-state index contributed by atoms with van der Waals surface area (Å²) in [5.74, 6) is 0.595. The highest BCUT2D eigenvalue weighted by Gasteiger charge is 2.23. The van der Waals surface area contributed by atoms with Gasteiger partial charge in [-0.05, 0) is 42.5 Å². The van der Waals surface area contributed by atoms with Crippen LogP contribution in [0.1, 0.15) is 64.6 Å². The number of hydrogen-bond donors (Lipinski definition) is 1. The van der Waals surface area contributed by atoms with Crippen molar-refractivity contribution in [1.29, 1.82) is 0 Å². The molecule has 0 aromatic heterocycles. The predicted molar refractivity (Wildman–Crippen MR) is 89.0 cm³/mol. The van der Waals surface area contributed by atoms with Gasteiger partial charge in [0, 0.05) is 12.6 Å². The molecule has 1 unspecified atom stereocenters. The van der Waals surface area contributed by atoms with Crippen molar-refractivity contribution in [3.63, 3.8) is 0 Å². The fourth-order valence-corrected chi connectivity index (χ4v) is 2.51. The van der Waals surface area contributed by atoms with Gasteiger partial charge in [-0.2, -0.15) is 0 Å². The first-order valence-corrected chi connectivity index (χ1v) is 7.84. The van der Waals surface area contributed by atoms with Gasteiger partial charge in [0.15, 0.2) is 0 Å². The summed E-state index contributed by atoms with van der Waals surface area (Å²) in [5.41, 5.74) is 8.84. The van der Waals surface area contributed by atoms with E-state index in [1.807, 2.05) is 0 Å². The third kappa shape index (κ3) is 4.60. The number of benzene rings is 1. The van der Waals surface area contributed by atoms with E-state index in [9.17, 15) is 0 Å². The number of rotatable bonds is 7. The molecule has 0 aliphatic carbocycles. The molecule has 2 nitrogen and oxygen atoms in total. The monoisotopic (exact) mass is 276 g/mol. The Morgan fingerprint density at radius 1 is 1.05 bits per heavy atom. The van der Waals surface area contributed by atoms with Crippen LogP contribution in [0.3, 0.4) is 0 Å². The van der Waals surface area contributed by atoms with Crippen molar-refractivity contribution in [3.8, 4) is 0 Å². The van der Waals surface area contributed by atoms with E-state index < -0.39 is 0 Å². The summed E-state index contributed by atoms with van der Waals surface area (Å²) in [7, 11) is 0. The van der Waals surface area contributed by atoms with Gasteiger partial charge in [0.1, 0.15) is 0 Å². The summed E-state index contributed by atoms with van der Waals surface area (Å²) in [6, 6.07) is 9.51. The normalized spacial score (nSPS) is 14.1. The van der Waals surface area contributed by atoms with Crippen LogP contribution in [0.25, 0.3) is 0 Å². The van der Waals surface area contributed by atoms with Crippen LogP contribution in [0.4, 0.5) is 0 Å². The van der Waals surface area contributed by atoms with Gasteiger partial charge in [0.25, 0.3) is 0 Å². The van der Waals surface area contributed by atoms with E-state index in [-0.39, 0.29) is 5.41 Å². The van der Waals surface area contributed by atoms with Crippen LogP contribution in [-0.2, 0) is 0 Å². The highest BCUT2D eigenvalue weighted by atomic mass is 15.2. The summed E-state index contributed by atoms with van der Waals surface area (Å²) in [6.45, 7) is 16.3. The lowest BCUT2D eigenvalue weighted by Crippen LogP contribution is -2.39. The van der Waals surface area contributed by atoms with Crippen molar-refractivity contribution >= 4 is 0 Å². The van der Waals surface area contributed by atoms with Crippen LogP contribution in [0.15, 0.2) is 24.3 Å². The molecule has 0 aliphatic heterocycles. The molecule has 0 saturated heterocycles. The van der Waals surface area contributed by atoms with Gasteiger partial charge >= 0.3 is 0 Å². The zero-order valence-corrected chi connectivity index (χ0v) is 14.1. The minimum absolute atomic E-state index is 0.169. The molecular formula is C18H32N2. The molecule has 0 saturated carbocycles. The van der Waals surface area contributed by atoms with E-state index in [1.165, 1.54) is 11.1 Å². The Hall–Kier alpha value is -0.860. The molecule has 114 valence electrons. The summed E-state index contributed by atoms with van der Waals surface area (Å²) in [4.78, 5) is 2.51. The third-order valence-corrected chi connectivity index (χ3v) is 4.22.